The first kappa shape index (κ1) is 18.9. The molecule has 0 spiro atoms. The third kappa shape index (κ3) is 3.78. The van der Waals surface area contributed by atoms with Crippen LogP contribution in [0.4, 0.5) is 5.69 Å². The summed E-state index contributed by atoms with van der Waals surface area (Å²) in [5, 5.41) is 4.80. The second-order valence-electron chi connectivity index (χ2n) is 6.20. The third-order valence-electron chi connectivity index (χ3n) is 4.46. The highest BCUT2D eigenvalue weighted by atomic mass is 79.9. The first-order valence-corrected chi connectivity index (χ1v) is 11.8. The molecule has 27 heavy (non-hydrogen) atoms. The van der Waals surface area contributed by atoms with E-state index in [4.69, 9.17) is 17.2 Å². The number of thiophene rings is 1. The average molecular weight is 481 g/mol. The molecule has 140 valence electrons. The zero-order valence-corrected chi connectivity index (χ0v) is 18.6. The van der Waals surface area contributed by atoms with Gasteiger partial charge in [-0.1, -0.05) is 27.7 Å². The van der Waals surface area contributed by atoms with Gasteiger partial charge in [-0.15, -0.1) is 11.3 Å². The van der Waals surface area contributed by atoms with Crippen LogP contribution in [-0.4, -0.2) is 21.0 Å². The standard InChI is InChI=1S/C18H17BrN4OS3/c1-26-18-21-15-14(12-4-2-3-5-13(12)27-15)16(24)23(18)22-17(25)20-11-8-6-10(19)7-9-11/h6-9H,2-5H2,1H3,(H2,20,22,25). The van der Waals surface area contributed by atoms with E-state index >= 15 is 0 Å². The van der Waals surface area contributed by atoms with Gasteiger partial charge >= 0.3 is 0 Å². The number of nitrogens with zero attached hydrogens (tertiary/aromatic N) is 2. The summed E-state index contributed by atoms with van der Waals surface area (Å²) in [6.45, 7) is 0. The summed E-state index contributed by atoms with van der Waals surface area (Å²) in [6.07, 6.45) is 6.21. The molecule has 0 aliphatic heterocycles. The normalized spacial score (nSPS) is 13.4. The number of benzene rings is 1. The SMILES string of the molecule is CSc1nc2sc3c(c2c(=O)n1NC(=S)Nc1ccc(Br)cc1)CCCC3. The van der Waals surface area contributed by atoms with Crippen molar-refractivity contribution in [3.63, 3.8) is 0 Å². The summed E-state index contributed by atoms with van der Waals surface area (Å²) in [5.74, 6) is 0. The number of aryl methyl sites for hydroxylation is 2. The molecule has 0 unspecified atom stereocenters. The molecule has 3 aromatic rings. The van der Waals surface area contributed by atoms with Crippen molar-refractivity contribution in [2.45, 2.75) is 30.8 Å². The number of anilines is 1. The van der Waals surface area contributed by atoms with E-state index in [2.05, 4.69) is 26.7 Å². The van der Waals surface area contributed by atoms with Gasteiger partial charge in [-0.3, -0.25) is 10.2 Å². The molecule has 2 aromatic heterocycles. The Bertz CT molecular complexity index is 1070. The van der Waals surface area contributed by atoms with Crippen LogP contribution in [0.5, 0.6) is 0 Å². The second kappa shape index (κ2) is 7.90. The van der Waals surface area contributed by atoms with Gasteiger partial charge in [0.2, 0.25) is 0 Å². The highest BCUT2D eigenvalue weighted by Gasteiger charge is 2.22. The minimum Gasteiger partial charge on any atom is -0.331 e. The highest BCUT2D eigenvalue weighted by Crippen LogP contribution is 2.34. The van der Waals surface area contributed by atoms with Crippen LogP contribution in [-0.2, 0) is 12.8 Å². The second-order valence-corrected chi connectivity index (χ2v) is 9.38. The fourth-order valence-electron chi connectivity index (χ4n) is 3.22. The van der Waals surface area contributed by atoms with Crippen molar-refractivity contribution in [2.75, 3.05) is 17.0 Å². The largest absolute Gasteiger partial charge is 0.331 e. The molecule has 4 rings (SSSR count). The van der Waals surface area contributed by atoms with Gasteiger partial charge in [-0.2, -0.15) is 4.68 Å². The van der Waals surface area contributed by atoms with Crippen LogP contribution in [0.3, 0.4) is 0 Å². The average Bonchev–Trinajstić information content (AvgIpc) is 3.04. The third-order valence-corrected chi connectivity index (χ3v) is 7.00. The molecular formula is C18H17BrN4OS3. The number of nitrogens with one attached hydrogen (secondary N) is 2. The molecule has 0 saturated heterocycles. The molecule has 0 amide bonds. The van der Waals surface area contributed by atoms with Gasteiger partial charge in [0.25, 0.3) is 5.56 Å². The summed E-state index contributed by atoms with van der Waals surface area (Å²) in [7, 11) is 0. The molecule has 1 aliphatic rings. The minimum atomic E-state index is -0.0799. The monoisotopic (exact) mass is 480 g/mol. The van der Waals surface area contributed by atoms with Gasteiger partial charge in [0.15, 0.2) is 10.3 Å². The van der Waals surface area contributed by atoms with Crippen LogP contribution in [0.2, 0.25) is 0 Å². The molecule has 0 saturated carbocycles. The smallest absolute Gasteiger partial charge is 0.282 e. The summed E-state index contributed by atoms with van der Waals surface area (Å²) in [5.41, 5.74) is 4.95. The lowest BCUT2D eigenvalue weighted by Crippen LogP contribution is -2.37. The lowest BCUT2D eigenvalue weighted by Gasteiger charge is -2.15. The van der Waals surface area contributed by atoms with Gasteiger partial charge in [-0.25, -0.2) is 4.98 Å². The van der Waals surface area contributed by atoms with Crippen LogP contribution >= 0.6 is 51.2 Å². The Morgan fingerprint density at radius 1 is 1.30 bits per heavy atom. The molecule has 0 fully saturated rings. The number of rotatable bonds is 3. The van der Waals surface area contributed by atoms with Crippen LogP contribution in [0, 0.1) is 0 Å². The summed E-state index contributed by atoms with van der Waals surface area (Å²) in [6, 6.07) is 7.67. The maximum Gasteiger partial charge on any atom is 0.282 e. The van der Waals surface area contributed by atoms with Crippen LogP contribution in [0.15, 0.2) is 38.7 Å². The van der Waals surface area contributed by atoms with E-state index in [1.807, 2.05) is 30.5 Å². The van der Waals surface area contributed by atoms with Crippen molar-refractivity contribution < 1.29 is 0 Å². The Morgan fingerprint density at radius 3 is 2.78 bits per heavy atom. The predicted molar refractivity (Wildman–Crippen MR) is 122 cm³/mol. The van der Waals surface area contributed by atoms with Gasteiger partial charge in [0.05, 0.1) is 5.39 Å². The maximum absolute atomic E-state index is 13.2. The Hall–Kier alpha value is -1.42. The van der Waals surface area contributed by atoms with Crippen molar-refractivity contribution in [1.82, 2.24) is 9.66 Å². The molecule has 2 N–H and O–H groups in total. The number of thioether (sulfide) groups is 1. The van der Waals surface area contributed by atoms with Gasteiger partial charge in [0.1, 0.15) is 4.83 Å². The number of hydrogen-bond acceptors (Lipinski definition) is 5. The first-order chi connectivity index (χ1) is 13.1. The number of hydrogen-bond donors (Lipinski definition) is 2. The maximum atomic E-state index is 13.2. The van der Waals surface area contributed by atoms with Crippen LogP contribution in [0.1, 0.15) is 23.3 Å². The summed E-state index contributed by atoms with van der Waals surface area (Å²) >= 11 is 11.9. The first-order valence-electron chi connectivity index (χ1n) is 8.51. The lowest BCUT2D eigenvalue weighted by atomic mass is 9.97. The van der Waals surface area contributed by atoms with E-state index in [-0.39, 0.29) is 5.56 Å². The fourth-order valence-corrected chi connectivity index (χ4v) is 5.49. The Labute approximate surface area is 178 Å². The van der Waals surface area contributed by atoms with Crippen LogP contribution in [0.25, 0.3) is 10.2 Å². The number of thiocarbonyl (C=S) groups is 1. The van der Waals surface area contributed by atoms with Crippen molar-refractivity contribution in [3.8, 4) is 0 Å². The molecule has 0 bridgehead atoms. The van der Waals surface area contributed by atoms with Crippen LogP contribution < -0.4 is 16.3 Å². The molecule has 9 heteroatoms. The zero-order chi connectivity index (χ0) is 19.0. The zero-order valence-electron chi connectivity index (χ0n) is 14.5. The Kier molecular flexibility index (Phi) is 5.54. The van der Waals surface area contributed by atoms with Crippen molar-refractivity contribution in [2.24, 2.45) is 0 Å². The van der Waals surface area contributed by atoms with Crippen molar-refractivity contribution >= 4 is 72.3 Å². The highest BCUT2D eigenvalue weighted by molar-refractivity contribution is 9.10. The minimum absolute atomic E-state index is 0.0799. The number of aromatic nitrogens is 2. The van der Waals surface area contributed by atoms with E-state index in [1.165, 1.54) is 33.3 Å². The van der Waals surface area contributed by atoms with Gasteiger partial charge < -0.3 is 5.32 Å². The Morgan fingerprint density at radius 2 is 2.04 bits per heavy atom. The quantitative estimate of drug-likeness (QED) is 0.320. The van der Waals surface area contributed by atoms with E-state index in [9.17, 15) is 4.79 Å². The topological polar surface area (TPSA) is 59.0 Å². The number of halogens is 1. The van der Waals surface area contributed by atoms with Crippen molar-refractivity contribution in [1.29, 1.82) is 0 Å². The lowest BCUT2D eigenvalue weighted by molar-refractivity contribution is 0.698. The van der Waals surface area contributed by atoms with E-state index < -0.39 is 0 Å². The summed E-state index contributed by atoms with van der Waals surface area (Å²) < 4.78 is 2.45. The van der Waals surface area contributed by atoms with E-state index in [0.29, 0.717) is 10.3 Å². The van der Waals surface area contributed by atoms with E-state index in [0.717, 1.165) is 39.6 Å². The molecular weight excluding hydrogens is 464 g/mol. The predicted octanol–water partition coefficient (Wildman–Crippen LogP) is 4.76. The molecule has 2 heterocycles. The van der Waals surface area contributed by atoms with Gasteiger partial charge in [0, 0.05) is 15.0 Å². The Balaban J connectivity index is 1.69. The molecule has 1 aromatic carbocycles. The van der Waals surface area contributed by atoms with E-state index in [1.54, 1.807) is 11.3 Å². The summed E-state index contributed by atoms with van der Waals surface area (Å²) in [4.78, 5) is 20.1. The van der Waals surface area contributed by atoms with Gasteiger partial charge in [-0.05, 0) is 74.0 Å². The fraction of sp³-hybridized carbons (Fsp3) is 0.278. The van der Waals surface area contributed by atoms with Crippen molar-refractivity contribution in [3.05, 3.63) is 49.5 Å². The number of fused-ring (bicyclic) bond motifs is 3. The molecule has 0 atom stereocenters. The molecule has 1 aliphatic carbocycles. The molecule has 0 radical (unpaired) electrons. The molecule has 5 nitrogen and oxygen atoms in total.